The molecule has 0 aliphatic heterocycles. The van der Waals surface area contributed by atoms with Crippen molar-refractivity contribution in [1.82, 2.24) is 4.98 Å². The second kappa shape index (κ2) is 5.50. The van der Waals surface area contributed by atoms with Gasteiger partial charge in [-0.1, -0.05) is 28.1 Å². The fourth-order valence-corrected chi connectivity index (χ4v) is 2.17. The van der Waals surface area contributed by atoms with Crippen molar-refractivity contribution in [3.8, 4) is 5.75 Å². The minimum absolute atomic E-state index is 0.293. The number of aryl methyl sites for hydroxylation is 1. The number of methoxy groups -OCH3 is 1. The second-order valence-electron chi connectivity index (χ2n) is 4.08. The highest BCUT2D eigenvalue weighted by atomic mass is 79.9. The van der Waals surface area contributed by atoms with Gasteiger partial charge in [0.05, 0.1) is 13.2 Å². The van der Waals surface area contributed by atoms with Crippen molar-refractivity contribution in [2.75, 3.05) is 7.11 Å². The summed E-state index contributed by atoms with van der Waals surface area (Å²) < 4.78 is 6.33. The van der Waals surface area contributed by atoms with Gasteiger partial charge in [0, 0.05) is 10.7 Å². The van der Waals surface area contributed by atoms with Gasteiger partial charge in [0.15, 0.2) is 0 Å². The third kappa shape index (κ3) is 2.54. The molecule has 0 radical (unpaired) electrons. The molecule has 2 aromatic rings. The largest absolute Gasteiger partial charge is 0.495 e. The van der Waals surface area contributed by atoms with E-state index in [1.807, 2.05) is 37.3 Å². The molecule has 3 nitrogen and oxygen atoms in total. The van der Waals surface area contributed by atoms with Crippen LogP contribution in [0.3, 0.4) is 0 Å². The maximum atomic E-state index is 6.25. The Morgan fingerprint density at radius 1 is 1.33 bits per heavy atom. The molecule has 0 aliphatic rings. The Labute approximate surface area is 115 Å². The Kier molecular flexibility index (Phi) is 3.99. The summed E-state index contributed by atoms with van der Waals surface area (Å²) in [4.78, 5) is 4.31. The van der Waals surface area contributed by atoms with Crippen LogP contribution < -0.4 is 10.5 Å². The van der Waals surface area contributed by atoms with E-state index in [1.165, 1.54) is 5.56 Å². The number of pyridine rings is 1. The molecule has 0 fully saturated rings. The van der Waals surface area contributed by atoms with Crippen LogP contribution in [0.5, 0.6) is 5.75 Å². The van der Waals surface area contributed by atoms with Crippen LogP contribution in [0, 0.1) is 6.92 Å². The summed E-state index contributed by atoms with van der Waals surface area (Å²) in [6, 6.07) is 9.48. The Morgan fingerprint density at radius 2 is 2.11 bits per heavy atom. The lowest BCUT2D eigenvalue weighted by Gasteiger charge is -2.15. The molecule has 0 saturated carbocycles. The van der Waals surface area contributed by atoms with Crippen molar-refractivity contribution >= 4 is 15.9 Å². The number of aromatic nitrogens is 1. The molecule has 2 N–H and O–H groups in total. The zero-order chi connectivity index (χ0) is 13.1. The van der Waals surface area contributed by atoms with Gasteiger partial charge in [-0.25, -0.2) is 0 Å². The Balaban J connectivity index is 2.41. The quantitative estimate of drug-likeness (QED) is 0.947. The highest BCUT2D eigenvalue weighted by Gasteiger charge is 2.15. The highest BCUT2D eigenvalue weighted by molar-refractivity contribution is 9.10. The third-order valence-corrected chi connectivity index (χ3v) is 3.72. The molecule has 4 heteroatoms. The van der Waals surface area contributed by atoms with Gasteiger partial charge in [0.25, 0.3) is 0 Å². The molecular formula is C14H15BrN2O. The third-order valence-electron chi connectivity index (χ3n) is 2.87. The monoisotopic (exact) mass is 306 g/mol. The number of halogens is 1. The summed E-state index contributed by atoms with van der Waals surface area (Å²) in [6.07, 6.45) is 1.72. The maximum Gasteiger partial charge on any atom is 0.142 e. The second-order valence-corrected chi connectivity index (χ2v) is 4.93. The highest BCUT2D eigenvalue weighted by Crippen LogP contribution is 2.28. The van der Waals surface area contributed by atoms with Crippen molar-refractivity contribution in [3.63, 3.8) is 0 Å². The van der Waals surface area contributed by atoms with E-state index in [0.29, 0.717) is 5.75 Å². The normalized spacial score (nSPS) is 12.2. The molecule has 1 unspecified atom stereocenters. The number of benzene rings is 1. The van der Waals surface area contributed by atoms with E-state index in [0.717, 1.165) is 15.7 Å². The molecule has 18 heavy (non-hydrogen) atoms. The van der Waals surface area contributed by atoms with Crippen LogP contribution in [0.15, 0.2) is 41.0 Å². The lowest BCUT2D eigenvalue weighted by atomic mass is 10.0. The summed E-state index contributed by atoms with van der Waals surface area (Å²) in [5, 5.41) is 0. The molecule has 2 rings (SSSR count). The average Bonchev–Trinajstić information content (AvgIpc) is 2.41. The molecule has 0 spiro atoms. The minimum atomic E-state index is -0.293. The summed E-state index contributed by atoms with van der Waals surface area (Å²) in [6.45, 7) is 2.04. The molecule has 0 bridgehead atoms. The predicted octanol–water partition coefficient (Wildman–Crippen LogP) is 3.21. The maximum absolute atomic E-state index is 6.25. The first-order valence-corrected chi connectivity index (χ1v) is 6.43. The van der Waals surface area contributed by atoms with Gasteiger partial charge in [-0.15, -0.1) is 0 Å². The number of rotatable bonds is 3. The van der Waals surface area contributed by atoms with Crippen molar-refractivity contribution in [1.29, 1.82) is 0 Å². The molecule has 0 amide bonds. The lowest BCUT2D eigenvalue weighted by Crippen LogP contribution is -2.14. The van der Waals surface area contributed by atoms with E-state index in [1.54, 1.807) is 13.3 Å². The zero-order valence-corrected chi connectivity index (χ0v) is 11.9. The summed E-state index contributed by atoms with van der Waals surface area (Å²) >= 11 is 3.52. The molecule has 1 aromatic heterocycles. The van der Waals surface area contributed by atoms with E-state index in [9.17, 15) is 0 Å². The SMILES string of the molecule is COc1cccnc1C(N)c1ccc(C)c(Br)c1. The molecule has 1 atom stereocenters. The first-order chi connectivity index (χ1) is 8.63. The fraction of sp³-hybridized carbons (Fsp3) is 0.214. The predicted molar refractivity (Wildman–Crippen MR) is 75.7 cm³/mol. The minimum Gasteiger partial charge on any atom is -0.495 e. The average molecular weight is 307 g/mol. The van der Waals surface area contributed by atoms with Gasteiger partial charge in [-0.3, -0.25) is 4.98 Å². The van der Waals surface area contributed by atoms with Gasteiger partial charge < -0.3 is 10.5 Å². The molecule has 94 valence electrons. The number of hydrogen-bond donors (Lipinski definition) is 1. The fourth-order valence-electron chi connectivity index (χ4n) is 1.77. The van der Waals surface area contributed by atoms with Crippen molar-refractivity contribution in [3.05, 3.63) is 57.8 Å². The number of nitrogens with zero attached hydrogens (tertiary/aromatic N) is 1. The molecule has 0 saturated heterocycles. The van der Waals surface area contributed by atoms with Crippen LogP contribution >= 0.6 is 15.9 Å². The number of hydrogen-bond acceptors (Lipinski definition) is 3. The van der Waals surface area contributed by atoms with Gasteiger partial charge in [0.2, 0.25) is 0 Å². The van der Waals surface area contributed by atoms with Crippen molar-refractivity contribution in [2.45, 2.75) is 13.0 Å². The Bertz CT molecular complexity index is 557. The molecular weight excluding hydrogens is 292 g/mol. The van der Waals surface area contributed by atoms with Gasteiger partial charge >= 0.3 is 0 Å². The molecule has 1 aromatic carbocycles. The smallest absolute Gasteiger partial charge is 0.142 e. The van der Waals surface area contributed by atoms with Crippen LogP contribution in [-0.2, 0) is 0 Å². The van der Waals surface area contributed by atoms with Crippen molar-refractivity contribution < 1.29 is 4.74 Å². The summed E-state index contributed by atoms with van der Waals surface area (Å²) in [5.41, 5.74) is 9.18. The van der Waals surface area contributed by atoms with Crippen LogP contribution in [-0.4, -0.2) is 12.1 Å². The van der Waals surface area contributed by atoms with Gasteiger partial charge in [-0.05, 0) is 36.2 Å². The van der Waals surface area contributed by atoms with E-state index < -0.39 is 0 Å². The van der Waals surface area contributed by atoms with Crippen LogP contribution in [0.25, 0.3) is 0 Å². The summed E-state index contributed by atoms with van der Waals surface area (Å²) in [5.74, 6) is 0.710. The zero-order valence-electron chi connectivity index (χ0n) is 10.4. The number of ether oxygens (including phenoxy) is 1. The van der Waals surface area contributed by atoms with Gasteiger partial charge in [-0.2, -0.15) is 0 Å². The Hall–Kier alpha value is -1.39. The van der Waals surface area contributed by atoms with Crippen LogP contribution in [0.1, 0.15) is 22.9 Å². The Morgan fingerprint density at radius 3 is 2.78 bits per heavy atom. The topological polar surface area (TPSA) is 48.1 Å². The lowest BCUT2D eigenvalue weighted by molar-refractivity contribution is 0.404. The first-order valence-electron chi connectivity index (χ1n) is 5.64. The molecule has 0 aliphatic carbocycles. The first kappa shape index (κ1) is 13.1. The van der Waals surface area contributed by atoms with E-state index in [-0.39, 0.29) is 6.04 Å². The van der Waals surface area contributed by atoms with Crippen LogP contribution in [0.4, 0.5) is 0 Å². The van der Waals surface area contributed by atoms with Crippen molar-refractivity contribution in [2.24, 2.45) is 5.73 Å². The van der Waals surface area contributed by atoms with Crippen LogP contribution in [0.2, 0.25) is 0 Å². The molecule has 1 heterocycles. The van der Waals surface area contributed by atoms with E-state index in [2.05, 4.69) is 20.9 Å². The van der Waals surface area contributed by atoms with E-state index >= 15 is 0 Å². The summed E-state index contributed by atoms with van der Waals surface area (Å²) in [7, 11) is 1.62. The van der Waals surface area contributed by atoms with E-state index in [4.69, 9.17) is 10.5 Å². The standard InChI is InChI=1S/C14H15BrN2O/c1-9-5-6-10(8-11(9)15)13(16)14-12(18-2)4-3-7-17-14/h3-8,13H,16H2,1-2H3. The number of nitrogens with two attached hydrogens (primary N) is 1. The van der Waals surface area contributed by atoms with Gasteiger partial charge in [0.1, 0.15) is 11.4 Å².